The third-order valence-corrected chi connectivity index (χ3v) is 3.34. The third kappa shape index (κ3) is 7.07. The molecule has 6 nitrogen and oxygen atoms in total. The summed E-state index contributed by atoms with van der Waals surface area (Å²) in [5.74, 6) is -1.55. The van der Waals surface area contributed by atoms with Crippen molar-refractivity contribution in [1.82, 2.24) is 4.90 Å². The van der Waals surface area contributed by atoms with Crippen LogP contribution >= 0.6 is 11.8 Å². The molecule has 0 aliphatic carbocycles. The summed E-state index contributed by atoms with van der Waals surface area (Å²) in [6.07, 6.45) is 0. The molecule has 0 radical (unpaired) electrons. The molecule has 120 valence electrons. The van der Waals surface area contributed by atoms with Crippen molar-refractivity contribution in [3.05, 3.63) is 30.1 Å². The summed E-state index contributed by atoms with van der Waals surface area (Å²) in [6.45, 7) is -0.311. The topological polar surface area (TPSA) is 75.7 Å². The number of hydrogen-bond acceptors (Lipinski definition) is 5. The highest BCUT2D eigenvalue weighted by Crippen LogP contribution is 2.09. The Morgan fingerprint density at radius 2 is 1.82 bits per heavy atom. The molecular weight excluding hydrogens is 311 g/mol. The molecule has 0 fully saturated rings. The quantitative estimate of drug-likeness (QED) is 0.760. The summed E-state index contributed by atoms with van der Waals surface area (Å²) in [6, 6.07) is 5.36. The van der Waals surface area contributed by atoms with Gasteiger partial charge in [-0.2, -0.15) is 0 Å². The Morgan fingerprint density at radius 1 is 1.18 bits per heavy atom. The second-order valence-corrected chi connectivity index (χ2v) is 5.48. The number of nitrogens with one attached hydrogen (secondary N) is 1. The van der Waals surface area contributed by atoms with E-state index >= 15 is 0 Å². The molecule has 1 aromatic rings. The van der Waals surface area contributed by atoms with Crippen molar-refractivity contribution in [3.63, 3.8) is 0 Å². The van der Waals surface area contributed by atoms with E-state index in [1.807, 2.05) is 0 Å². The van der Waals surface area contributed by atoms with Crippen LogP contribution in [0.5, 0.6) is 0 Å². The lowest BCUT2D eigenvalue weighted by Gasteiger charge is -2.10. The maximum atomic E-state index is 12.7. The average molecular weight is 328 g/mol. The van der Waals surface area contributed by atoms with Gasteiger partial charge in [-0.3, -0.25) is 14.4 Å². The van der Waals surface area contributed by atoms with E-state index in [1.165, 1.54) is 29.2 Å². The van der Waals surface area contributed by atoms with E-state index in [0.717, 1.165) is 11.8 Å². The number of thioether (sulfide) groups is 1. The van der Waals surface area contributed by atoms with Crippen LogP contribution in [0.25, 0.3) is 0 Å². The third-order valence-electron chi connectivity index (χ3n) is 2.44. The Labute approximate surface area is 132 Å². The molecule has 8 heteroatoms. The largest absolute Gasteiger partial charge is 0.455 e. The van der Waals surface area contributed by atoms with Crippen LogP contribution in [0.1, 0.15) is 0 Å². The lowest BCUT2D eigenvalue weighted by atomic mass is 10.3. The molecule has 0 heterocycles. The number of anilines is 1. The number of hydrogen-bond donors (Lipinski definition) is 1. The van der Waals surface area contributed by atoms with Gasteiger partial charge in [-0.15, -0.1) is 11.8 Å². The zero-order valence-electron chi connectivity index (χ0n) is 12.3. The van der Waals surface area contributed by atoms with Gasteiger partial charge >= 0.3 is 5.97 Å². The van der Waals surface area contributed by atoms with Gasteiger partial charge in [-0.25, -0.2) is 4.39 Å². The first-order chi connectivity index (χ1) is 10.4. The summed E-state index contributed by atoms with van der Waals surface area (Å²) in [5, 5.41) is 2.57. The van der Waals surface area contributed by atoms with Crippen LogP contribution in [0.2, 0.25) is 0 Å². The van der Waals surface area contributed by atoms with Crippen molar-refractivity contribution >= 4 is 35.2 Å². The van der Waals surface area contributed by atoms with Gasteiger partial charge in [0.2, 0.25) is 5.91 Å². The van der Waals surface area contributed by atoms with Crippen LogP contribution in [0.3, 0.4) is 0 Å². The minimum Gasteiger partial charge on any atom is -0.455 e. The number of nitrogens with zero attached hydrogens (tertiary/aromatic N) is 1. The zero-order valence-corrected chi connectivity index (χ0v) is 13.1. The molecule has 0 bridgehead atoms. The Kier molecular flexibility index (Phi) is 7.38. The summed E-state index contributed by atoms with van der Waals surface area (Å²) < 4.78 is 17.5. The molecule has 0 spiro atoms. The second kappa shape index (κ2) is 9.04. The maximum Gasteiger partial charge on any atom is 0.316 e. The first kappa shape index (κ1) is 18.0. The number of rotatable bonds is 7. The smallest absolute Gasteiger partial charge is 0.316 e. The van der Waals surface area contributed by atoms with Crippen LogP contribution in [-0.2, 0) is 19.1 Å². The highest BCUT2D eigenvalue weighted by Gasteiger charge is 2.10. The minimum atomic E-state index is -0.560. The molecule has 2 amide bonds. The van der Waals surface area contributed by atoms with E-state index < -0.39 is 5.97 Å². The number of ether oxygens (including phenoxy) is 1. The second-order valence-electron chi connectivity index (χ2n) is 4.50. The van der Waals surface area contributed by atoms with Crippen LogP contribution in [0.15, 0.2) is 24.3 Å². The van der Waals surface area contributed by atoms with Crippen LogP contribution in [-0.4, -0.2) is 54.9 Å². The fourth-order valence-corrected chi connectivity index (χ4v) is 1.88. The summed E-state index contributed by atoms with van der Waals surface area (Å²) in [5.41, 5.74) is 0.478. The number of carbonyl (C=O) groups is 3. The van der Waals surface area contributed by atoms with Crippen molar-refractivity contribution in [1.29, 1.82) is 0 Å². The standard InChI is InChI=1S/C14H17FN2O4S/c1-17(2)13(19)7-21-14(20)9-22-8-12(18)16-11-5-3-10(15)4-6-11/h3-6H,7-9H2,1-2H3,(H,16,18). The van der Waals surface area contributed by atoms with Crippen molar-refractivity contribution in [2.45, 2.75) is 0 Å². The Morgan fingerprint density at radius 3 is 2.41 bits per heavy atom. The molecule has 0 saturated heterocycles. The Hall–Kier alpha value is -2.09. The van der Waals surface area contributed by atoms with Gasteiger partial charge in [0.1, 0.15) is 5.82 Å². The van der Waals surface area contributed by atoms with Gasteiger partial charge in [0.05, 0.1) is 11.5 Å². The molecule has 0 aromatic heterocycles. The number of esters is 1. The van der Waals surface area contributed by atoms with E-state index in [-0.39, 0.29) is 35.7 Å². The molecule has 0 aliphatic heterocycles. The Balaban J connectivity index is 2.20. The lowest BCUT2D eigenvalue weighted by molar-refractivity contribution is -0.148. The molecule has 0 atom stereocenters. The predicted molar refractivity (Wildman–Crippen MR) is 82.0 cm³/mol. The zero-order chi connectivity index (χ0) is 16.5. The van der Waals surface area contributed by atoms with Gasteiger partial charge in [0.15, 0.2) is 6.61 Å². The summed E-state index contributed by atoms with van der Waals surface area (Å²) >= 11 is 1.07. The number of carbonyl (C=O) groups excluding carboxylic acids is 3. The minimum absolute atomic E-state index is 0.0302. The highest BCUT2D eigenvalue weighted by molar-refractivity contribution is 8.00. The first-order valence-electron chi connectivity index (χ1n) is 6.37. The highest BCUT2D eigenvalue weighted by atomic mass is 32.2. The molecule has 0 saturated carbocycles. The molecule has 1 N–H and O–H groups in total. The number of benzene rings is 1. The van der Waals surface area contributed by atoms with Crippen molar-refractivity contribution < 1.29 is 23.5 Å². The predicted octanol–water partition coefficient (Wildman–Crippen LogP) is 1.13. The van der Waals surface area contributed by atoms with E-state index in [2.05, 4.69) is 5.32 Å². The maximum absolute atomic E-state index is 12.7. The number of amides is 2. The van der Waals surface area contributed by atoms with E-state index in [4.69, 9.17) is 4.74 Å². The van der Waals surface area contributed by atoms with Crippen LogP contribution < -0.4 is 5.32 Å². The fraction of sp³-hybridized carbons (Fsp3) is 0.357. The van der Waals surface area contributed by atoms with Crippen LogP contribution in [0, 0.1) is 5.82 Å². The summed E-state index contributed by atoms with van der Waals surface area (Å²) in [4.78, 5) is 35.5. The molecular formula is C14H17FN2O4S. The molecule has 0 unspecified atom stereocenters. The Bertz CT molecular complexity index is 534. The number of likely N-dealkylation sites (N-methyl/N-ethyl adjacent to an activating group) is 1. The molecule has 1 aromatic carbocycles. The van der Waals surface area contributed by atoms with Crippen LogP contribution in [0.4, 0.5) is 10.1 Å². The van der Waals surface area contributed by atoms with Gasteiger partial charge in [0.25, 0.3) is 5.91 Å². The van der Waals surface area contributed by atoms with Crippen molar-refractivity contribution in [2.24, 2.45) is 0 Å². The van der Waals surface area contributed by atoms with E-state index in [1.54, 1.807) is 14.1 Å². The van der Waals surface area contributed by atoms with Gasteiger partial charge < -0.3 is 15.0 Å². The normalized spacial score (nSPS) is 9.95. The molecule has 0 aliphatic rings. The van der Waals surface area contributed by atoms with Crippen molar-refractivity contribution in [2.75, 3.05) is 37.5 Å². The van der Waals surface area contributed by atoms with Gasteiger partial charge in [0, 0.05) is 19.8 Å². The fourth-order valence-electron chi connectivity index (χ4n) is 1.27. The SMILES string of the molecule is CN(C)C(=O)COC(=O)CSCC(=O)Nc1ccc(F)cc1. The average Bonchev–Trinajstić information content (AvgIpc) is 2.47. The summed E-state index contributed by atoms with van der Waals surface area (Å²) in [7, 11) is 3.12. The van der Waals surface area contributed by atoms with Gasteiger partial charge in [-0.05, 0) is 24.3 Å². The first-order valence-corrected chi connectivity index (χ1v) is 7.53. The molecule has 1 rings (SSSR count). The van der Waals surface area contributed by atoms with E-state index in [0.29, 0.717) is 5.69 Å². The monoisotopic (exact) mass is 328 g/mol. The van der Waals surface area contributed by atoms with E-state index in [9.17, 15) is 18.8 Å². The molecule has 22 heavy (non-hydrogen) atoms. The van der Waals surface area contributed by atoms with Gasteiger partial charge in [-0.1, -0.05) is 0 Å². The van der Waals surface area contributed by atoms with Crippen molar-refractivity contribution in [3.8, 4) is 0 Å². The lowest BCUT2D eigenvalue weighted by Crippen LogP contribution is -2.28. The number of halogens is 1.